The predicted molar refractivity (Wildman–Crippen MR) is 199 cm³/mol. The van der Waals surface area contributed by atoms with Crippen molar-refractivity contribution in [3.63, 3.8) is 0 Å². The minimum atomic E-state index is -0.806. The van der Waals surface area contributed by atoms with Gasteiger partial charge in [-0.2, -0.15) is 5.26 Å². The molecule has 256 valence electrons. The number of nitrogens with zero attached hydrogens (tertiary/aromatic N) is 6. The van der Waals surface area contributed by atoms with Crippen LogP contribution in [-0.4, -0.2) is 46.3 Å². The van der Waals surface area contributed by atoms with Crippen LogP contribution < -0.4 is 15.0 Å². The number of aryl methyl sites for hydroxylation is 1. The lowest BCUT2D eigenvalue weighted by atomic mass is 9.76. The molecule has 2 heterocycles. The number of hydrogen-bond donors (Lipinski definition) is 1. The van der Waals surface area contributed by atoms with E-state index in [4.69, 9.17) is 25.1 Å². The van der Waals surface area contributed by atoms with Gasteiger partial charge in [0.2, 0.25) is 0 Å². The van der Waals surface area contributed by atoms with Crippen molar-refractivity contribution in [2.24, 2.45) is 10.1 Å². The molecule has 4 aromatic rings. The van der Waals surface area contributed by atoms with E-state index in [9.17, 15) is 4.79 Å². The first-order chi connectivity index (χ1) is 23.3. The molecule has 1 aliphatic heterocycles. The van der Waals surface area contributed by atoms with Crippen molar-refractivity contribution in [3.8, 4) is 11.8 Å². The molecule has 0 radical (unpaired) electrons. The van der Waals surface area contributed by atoms with Gasteiger partial charge in [0.05, 0.1) is 29.2 Å². The number of nitrogens with one attached hydrogen (secondary N) is 1. The Labute approximate surface area is 290 Å². The number of amides is 1. The van der Waals surface area contributed by atoms with Gasteiger partial charge in [-0.05, 0) is 92.0 Å². The minimum absolute atomic E-state index is 0.0244. The molecule has 5 rings (SSSR count). The number of para-hydroxylation sites is 2. The lowest BCUT2D eigenvalue weighted by molar-refractivity contribution is -0.125. The molecule has 1 atom stereocenters. The maximum Gasteiger partial charge on any atom is 0.266 e. The number of benzene rings is 3. The van der Waals surface area contributed by atoms with Gasteiger partial charge in [-0.15, -0.1) is 5.10 Å². The normalized spacial score (nSPS) is 14.4. The molecule has 9 nitrogen and oxygen atoms in total. The summed E-state index contributed by atoms with van der Waals surface area (Å²) in [5.41, 5.74) is 7.04. The van der Waals surface area contributed by atoms with Gasteiger partial charge in [0.1, 0.15) is 5.75 Å². The zero-order valence-electron chi connectivity index (χ0n) is 30.4. The number of aliphatic imine (C=N–C) groups is 1. The Morgan fingerprint density at radius 3 is 2.45 bits per heavy atom. The number of aromatic nitrogens is 2. The molecular formula is C40H49N7O2. The van der Waals surface area contributed by atoms with Crippen LogP contribution in [-0.2, 0) is 15.6 Å². The number of anilines is 1. The molecule has 1 aliphatic rings. The van der Waals surface area contributed by atoms with E-state index in [1.807, 2.05) is 49.4 Å². The average molecular weight is 660 g/mol. The highest BCUT2D eigenvalue weighted by atomic mass is 16.5. The summed E-state index contributed by atoms with van der Waals surface area (Å²) in [5.74, 6) is 1.25. The third-order valence-corrected chi connectivity index (χ3v) is 10.00. The summed E-state index contributed by atoms with van der Waals surface area (Å²) >= 11 is 0. The van der Waals surface area contributed by atoms with Gasteiger partial charge in [-0.3, -0.25) is 4.79 Å². The standard InChI is InChI=1S/C40H49N7O2/c1-10-39(6,7)28-18-21-34(30(25-28)40(8,9)11-2)49-27(5)38(48)44-36-35(37-43-32-16-13-14-17-33(32)47(37)45-36)42-31-20-19-29(24-26(31)4)46(12-3)23-15-22-41/h13-14,16-21,24-25,27H,10-12,15,23H2,1-9H3,(H,44,45,48). The highest BCUT2D eigenvalue weighted by molar-refractivity contribution is 6.50. The summed E-state index contributed by atoms with van der Waals surface area (Å²) in [4.78, 5) is 25.9. The fraction of sp³-hybridized carbons (Fsp3) is 0.425. The number of rotatable bonds is 12. The summed E-state index contributed by atoms with van der Waals surface area (Å²) in [6.07, 6.45) is 1.58. The van der Waals surface area contributed by atoms with Gasteiger partial charge in [0.25, 0.3) is 5.91 Å². The molecule has 0 saturated carbocycles. The van der Waals surface area contributed by atoms with E-state index in [0.717, 1.165) is 52.9 Å². The zero-order valence-corrected chi connectivity index (χ0v) is 30.4. The summed E-state index contributed by atoms with van der Waals surface area (Å²) in [6, 6.07) is 22.4. The molecule has 0 fully saturated rings. The van der Waals surface area contributed by atoms with E-state index >= 15 is 0 Å². The quantitative estimate of drug-likeness (QED) is 0.165. The van der Waals surface area contributed by atoms with E-state index in [0.29, 0.717) is 36.1 Å². The number of hydrogen-bond acceptors (Lipinski definition) is 7. The molecule has 0 spiro atoms. The first kappa shape index (κ1) is 35.3. The molecule has 0 aliphatic carbocycles. The second-order valence-corrected chi connectivity index (χ2v) is 14.0. The molecule has 0 saturated heterocycles. The van der Waals surface area contributed by atoms with Gasteiger partial charge in [-0.25, -0.2) is 14.7 Å². The summed E-state index contributed by atoms with van der Waals surface area (Å²) < 4.78 is 8.16. The average Bonchev–Trinajstić information content (AvgIpc) is 3.61. The Bertz CT molecular complexity index is 1960. The van der Waals surface area contributed by atoms with Crippen molar-refractivity contribution in [1.29, 1.82) is 5.26 Å². The van der Waals surface area contributed by atoms with Crippen LogP contribution in [0, 0.1) is 18.3 Å². The van der Waals surface area contributed by atoms with Crippen LogP contribution in [0.3, 0.4) is 0 Å². The molecule has 9 heteroatoms. The lowest BCUT2D eigenvalue weighted by Gasteiger charge is -2.31. The summed E-state index contributed by atoms with van der Waals surface area (Å²) in [6.45, 7) is 20.6. The Kier molecular flexibility index (Phi) is 10.3. The van der Waals surface area contributed by atoms with Gasteiger partial charge in [0, 0.05) is 24.3 Å². The molecule has 1 N–H and O–H groups in total. The van der Waals surface area contributed by atoms with Crippen molar-refractivity contribution >= 4 is 39.9 Å². The summed E-state index contributed by atoms with van der Waals surface area (Å²) in [7, 11) is 0. The summed E-state index contributed by atoms with van der Waals surface area (Å²) in [5, 5.41) is 16.9. The molecule has 1 unspecified atom stereocenters. The van der Waals surface area contributed by atoms with Crippen LogP contribution in [0.25, 0.3) is 11.0 Å². The van der Waals surface area contributed by atoms with E-state index in [-0.39, 0.29) is 16.7 Å². The van der Waals surface area contributed by atoms with Crippen molar-refractivity contribution in [3.05, 3.63) is 83.2 Å². The first-order valence-electron chi connectivity index (χ1n) is 17.3. The smallest absolute Gasteiger partial charge is 0.266 e. The fourth-order valence-electron chi connectivity index (χ4n) is 5.88. The lowest BCUT2D eigenvalue weighted by Crippen LogP contribution is -2.42. The Balaban J connectivity index is 1.47. The highest BCUT2D eigenvalue weighted by Crippen LogP contribution is 2.39. The van der Waals surface area contributed by atoms with Crippen LogP contribution in [0.2, 0.25) is 0 Å². The molecule has 1 aromatic heterocycles. The zero-order chi connectivity index (χ0) is 35.5. The van der Waals surface area contributed by atoms with E-state index in [1.54, 1.807) is 11.6 Å². The van der Waals surface area contributed by atoms with Crippen LogP contribution >= 0.6 is 0 Å². The second-order valence-electron chi connectivity index (χ2n) is 14.0. The van der Waals surface area contributed by atoms with Crippen molar-refractivity contribution < 1.29 is 9.53 Å². The number of nitriles is 1. The fourth-order valence-corrected chi connectivity index (χ4v) is 5.88. The molecule has 1 amide bonds. The third kappa shape index (κ3) is 7.24. The second kappa shape index (κ2) is 14.3. The number of imidazole rings is 1. The maximum absolute atomic E-state index is 13.8. The van der Waals surface area contributed by atoms with Gasteiger partial charge in [-0.1, -0.05) is 65.8 Å². The number of fused-ring (bicyclic) bond motifs is 3. The Morgan fingerprint density at radius 2 is 1.78 bits per heavy atom. The van der Waals surface area contributed by atoms with Crippen LogP contribution in [0.4, 0.5) is 11.4 Å². The Hall–Kier alpha value is -4.97. The SMILES string of the molecule is CCN(CCC#N)c1ccc(N=C2C(NC(=O)C(C)Oc3ccc(C(C)(C)CC)cc3C(C)(C)CC)=Nn3c2nc2ccccc23)c(C)c1. The van der Waals surface area contributed by atoms with Crippen molar-refractivity contribution in [2.45, 2.75) is 98.5 Å². The number of amidine groups is 1. The van der Waals surface area contributed by atoms with Crippen molar-refractivity contribution in [2.75, 3.05) is 18.0 Å². The molecular weight excluding hydrogens is 610 g/mol. The van der Waals surface area contributed by atoms with E-state index in [2.05, 4.69) is 83.0 Å². The van der Waals surface area contributed by atoms with Gasteiger partial charge >= 0.3 is 0 Å². The minimum Gasteiger partial charge on any atom is -0.481 e. The van der Waals surface area contributed by atoms with E-state index < -0.39 is 6.10 Å². The molecule has 3 aromatic carbocycles. The van der Waals surface area contributed by atoms with Crippen LogP contribution in [0.15, 0.2) is 70.8 Å². The first-order valence-corrected chi connectivity index (χ1v) is 17.3. The Morgan fingerprint density at radius 1 is 1.04 bits per heavy atom. The maximum atomic E-state index is 13.8. The molecule has 0 bridgehead atoms. The third-order valence-electron chi connectivity index (χ3n) is 10.00. The highest BCUT2D eigenvalue weighted by Gasteiger charge is 2.32. The molecule has 49 heavy (non-hydrogen) atoms. The number of carbonyl (C=O) groups excluding carboxylic acids is 1. The van der Waals surface area contributed by atoms with Crippen molar-refractivity contribution in [1.82, 2.24) is 15.0 Å². The van der Waals surface area contributed by atoms with Gasteiger partial charge < -0.3 is 15.0 Å². The largest absolute Gasteiger partial charge is 0.481 e. The topological polar surface area (TPSA) is 108 Å². The van der Waals surface area contributed by atoms with Crippen LogP contribution in [0.1, 0.15) is 97.2 Å². The number of carbonyl (C=O) groups is 1. The number of ether oxygens (including phenoxy) is 1. The van der Waals surface area contributed by atoms with Crippen LogP contribution in [0.5, 0.6) is 5.75 Å². The monoisotopic (exact) mass is 659 g/mol. The predicted octanol–water partition coefficient (Wildman–Crippen LogP) is 8.34. The van der Waals surface area contributed by atoms with E-state index in [1.165, 1.54) is 5.56 Å². The van der Waals surface area contributed by atoms with Gasteiger partial charge in [0.15, 0.2) is 23.5 Å².